The number of rotatable bonds is 29. The molecule has 0 bridgehead atoms. The van der Waals surface area contributed by atoms with Gasteiger partial charge in [-0.25, -0.2) is 0 Å². The van der Waals surface area contributed by atoms with Crippen LogP contribution in [0.5, 0.6) is 0 Å². The molecule has 39 heavy (non-hydrogen) atoms. The van der Waals surface area contributed by atoms with E-state index in [1.165, 1.54) is 57.8 Å². The highest BCUT2D eigenvalue weighted by molar-refractivity contribution is 5.69. The molecule has 0 aliphatic rings. The van der Waals surface area contributed by atoms with E-state index < -0.39 is 5.97 Å². The Kier molecular flexibility index (Phi) is 29.6. The fourth-order valence-corrected chi connectivity index (χ4v) is 4.88. The Morgan fingerprint density at radius 1 is 0.564 bits per heavy atom. The number of allylic oxidation sites excluding steroid dienone is 7. The van der Waals surface area contributed by atoms with Gasteiger partial charge in [0.2, 0.25) is 0 Å². The van der Waals surface area contributed by atoms with Crippen LogP contribution in [0.4, 0.5) is 0 Å². The number of carboxylic acids is 1. The van der Waals surface area contributed by atoms with E-state index in [0.29, 0.717) is 0 Å². The molecule has 0 heterocycles. The molecule has 0 radical (unpaired) electrons. The maximum absolute atomic E-state index is 11.6. The number of aliphatic hydroxyl groups is 1. The van der Waals surface area contributed by atoms with Gasteiger partial charge in [0, 0.05) is 0 Å². The van der Waals surface area contributed by atoms with Crippen LogP contribution in [-0.4, -0.2) is 22.3 Å². The number of hydrogen-bond donors (Lipinski definition) is 2. The van der Waals surface area contributed by atoms with Gasteiger partial charge in [-0.1, -0.05) is 140 Å². The van der Waals surface area contributed by atoms with Crippen LogP contribution in [-0.2, 0) is 4.79 Å². The zero-order valence-electron chi connectivity index (χ0n) is 25.8. The van der Waals surface area contributed by atoms with Gasteiger partial charge in [-0.2, -0.15) is 0 Å². The highest BCUT2D eigenvalue weighted by Gasteiger charge is 2.16. The van der Waals surface area contributed by atoms with E-state index in [-0.39, 0.29) is 12.0 Å². The predicted molar refractivity (Wildman–Crippen MR) is 171 cm³/mol. The lowest BCUT2D eigenvalue weighted by Gasteiger charge is -2.12. The summed E-state index contributed by atoms with van der Waals surface area (Å²) < 4.78 is 0. The number of aliphatic hydroxyl groups excluding tert-OH is 1. The Bertz CT molecular complexity index is 631. The monoisotopic (exact) mass is 544 g/mol. The first-order valence-corrected chi connectivity index (χ1v) is 16.6. The molecule has 0 rings (SSSR count). The van der Waals surface area contributed by atoms with Crippen molar-refractivity contribution in [2.24, 2.45) is 5.92 Å². The molecule has 0 aromatic carbocycles. The molecular weight excluding hydrogens is 480 g/mol. The van der Waals surface area contributed by atoms with Gasteiger partial charge in [0.15, 0.2) is 0 Å². The molecule has 3 nitrogen and oxygen atoms in total. The van der Waals surface area contributed by atoms with Crippen LogP contribution in [0, 0.1) is 5.92 Å². The Morgan fingerprint density at radius 2 is 1.03 bits per heavy atom. The van der Waals surface area contributed by atoms with E-state index in [1.54, 1.807) is 0 Å². The number of carboxylic acid groups (broad SMARTS) is 1. The van der Waals surface area contributed by atoms with E-state index in [1.807, 2.05) is 0 Å². The molecule has 0 aliphatic carbocycles. The third kappa shape index (κ3) is 29.2. The van der Waals surface area contributed by atoms with Crippen LogP contribution >= 0.6 is 0 Å². The zero-order chi connectivity index (χ0) is 28.7. The minimum atomic E-state index is -0.606. The van der Waals surface area contributed by atoms with Crippen LogP contribution in [0.15, 0.2) is 48.6 Å². The van der Waals surface area contributed by atoms with Crippen molar-refractivity contribution in [1.29, 1.82) is 0 Å². The molecule has 2 atom stereocenters. The third-order valence-corrected chi connectivity index (χ3v) is 7.44. The normalized spacial score (nSPS) is 13.9. The average Bonchev–Trinajstić information content (AvgIpc) is 2.92. The van der Waals surface area contributed by atoms with E-state index in [4.69, 9.17) is 0 Å². The molecule has 1 unspecified atom stereocenters. The van der Waals surface area contributed by atoms with Crippen molar-refractivity contribution in [2.75, 3.05) is 0 Å². The third-order valence-electron chi connectivity index (χ3n) is 7.44. The van der Waals surface area contributed by atoms with E-state index in [2.05, 4.69) is 62.5 Å². The number of hydrogen-bond acceptors (Lipinski definition) is 2. The summed E-state index contributed by atoms with van der Waals surface area (Å²) in [4.78, 5) is 11.6. The van der Waals surface area contributed by atoms with Crippen molar-refractivity contribution in [3.05, 3.63) is 48.6 Å². The summed E-state index contributed by atoms with van der Waals surface area (Å²) in [5.41, 5.74) is 0. The summed E-state index contributed by atoms with van der Waals surface area (Å²) in [5, 5.41) is 19.6. The van der Waals surface area contributed by atoms with Gasteiger partial charge in [0.1, 0.15) is 0 Å². The molecule has 0 saturated carbocycles. The largest absolute Gasteiger partial charge is 0.481 e. The van der Waals surface area contributed by atoms with Gasteiger partial charge in [-0.3, -0.25) is 4.79 Å². The molecule has 226 valence electrons. The summed E-state index contributed by atoms with van der Waals surface area (Å²) >= 11 is 0. The SMILES string of the molecule is CCC=CCC=CCC=CCCCCCCCCC(CCCCCCC=CC[C@H](O)CCCCCC)C(=O)O. The Hall–Kier alpha value is -1.61. The second-order valence-corrected chi connectivity index (χ2v) is 11.2. The second kappa shape index (κ2) is 30.9. The summed E-state index contributed by atoms with van der Waals surface area (Å²) in [5.74, 6) is -0.768. The zero-order valence-corrected chi connectivity index (χ0v) is 25.8. The predicted octanol–water partition coefficient (Wildman–Crippen LogP) is 11.3. The lowest BCUT2D eigenvalue weighted by atomic mass is 9.94. The maximum Gasteiger partial charge on any atom is 0.306 e. The number of carbonyl (C=O) groups is 1. The second-order valence-electron chi connectivity index (χ2n) is 11.2. The first kappa shape index (κ1) is 37.4. The molecule has 0 spiro atoms. The van der Waals surface area contributed by atoms with E-state index in [9.17, 15) is 15.0 Å². The first-order chi connectivity index (χ1) is 19.1. The molecule has 2 N–H and O–H groups in total. The fourth-order valence-electron chi connectivity index (χ4n) is 4.88. The van der Waals surface area contributed by atoms with Crippen LogP contribution in [0.2, 0.25) is 0 Å². The van der Waals surface area contributed by atoms with Crippen LogP contribution < -0.4 is 0 Å². The quantitative estimate of drug-likeness (QED) is 0.0727. The van der Waals surface area contributed by atoms with E-state index in [0.717, 1.165) is 89.9 Å². The lowest BCUT2D eigenvalue weighted by molar-refractivity contribution is -0.142. The molecular formula is C36H64O3. The van der Waals surface area contributed by atoms with Crippen molar-refractivity contribution in [2.45, 2.75) is 168 Å². The van der Waals surface area contributed by atoms with Gasteiger partial charge in [0.25, 0.3) is 0 Å². The topological polar surface area (TPSA) is 57.5 Å². The highest BCUT2D eigenvalue weighted by atomic mass is 16.4. The van der Waals surface area contributed by atoms with Gasteiger partial charge in [-0.15, -0.1) is 0 Å². The highest BCUT2D eigenvalue weighted by Crippen LogP contribution is 2.20. The van der Waals surface area contributed by atoms with Gasteiger partial charge < -0.3 is 10.2 Å². The molecule has 0 aromatic rings. The van der Waals surface area contributed by atoms with Gasteiger partial charge in [-0.05, 0) is 70.6 Å². The molecule has 0 aromatic heterocycles. The first-order valence-electron chi connectivity index (χ1n) is 16.6. The summed E-state index contributed by atoms with van der Waals surface area (Å²) in [6.45, 7) is 4.37. The van der Waals surface area contributed by atoms with Gasteiger partial charge in [0.05, 0.1) is 12.0 Å². The minimum absolute atomic E-state index is 0.162. The van der Waals surface area contributed by atoms with Crippen molar-refractivity contribution >= 4 is 5.97 Å². The van der Waals surface area contributed by atoms with Crippen molar-refractivity contribution in [3.8, 4) is 0 Å². The lowest BCUT2D eigenvalue weighted by Crippen LogP contribution is -2.13. The molecule has 0 fully saturated rings. The maximum atomic E-state index is 11.6. The fraction of sp³-hybridized carbons (Fsp3) is 0.750. The van der Waals surface area contributed by atoms with Crippen molar-refractivity contribution in [1.82, 2.24) is 0 Å². The van der Waals surface area contributed by atoms with Crippen molar-refractivity contribution in [3.63, 3.8) is 0 Å². The van der Waals surface area contributed by atoms with E-state index >= 15 is 0 Å². The number of unbranched alkanes of at least 4 members (excludes halogenated alkanes) is 13. The summed E-state index contributed by atoms with van der Waals surface area (Å²) in [6, 6.07) is 0. The average molecular weight is 545 g/mol. The molecule has 0 aliphatic heterocycles. The van der Waals surface area contributed by atoms with Gasteiger partial charge >= 0.3 is 5.97 Å². The Labute approximate surface area is 243 Å². The summed E-state index contributed by atoms with van der Waals surface area (Å²) in [7, 11) is 0. The molecule has 3 heteroatoms. The number of aliphatic carboxylic acids is 1. The van der Waals surface area contributed by atoms with Crippen molar-refractivity contribution < 1.29 is 15.0 Å². The standard InChI is InChI=1S/C36H64O3/c1-3-5-7-9-10-11-12-13-14-15-16-17-18-20-23-26-30-34(36(38)39)31-27-24-21-19-22-25-29-33-35(37)32-28-8-6-4-2/h5,7,10-11,13-14,25,29,34-35,37H,3-4,6,8-9,12,15-24,26-28,30-33H2,1-2H3,(H,38,39)/t34?,35-/m1/s1. The van der Waals surface area contributed by atoms with Crippen LogP contribution in [0.3, 0.4) is 0 Å². The summed E-state index contributed by atoms with van der Waals surface area (Å²) in [6.07, 6.45) is 43.0. The smallest absolute Gasteiger partial charge is 0.306 e. The Balaban J connectivity index is 3.61. The molecule has 0 amide bonds. The molecule has 0 saturated heterocycles. The Morgan fingerprint density at radius 3 is 1.59 bits per heavy atom. The minimum Gasteiger partial charge on any atom is -0.481 e. The van der Waals surface area contributed by atoms with Crippen LogP contribution in [0.1, 0.15) is 162 Å². The van der Waals surface area contributed by atoms with Crippen LogP contribution in [0.25, 0.3) is 0 Å².